The highest BCUT2D eigenvalue weighted by Gasteiger charge is 2.46. The van der Waals surface area contributed by atoms with Crippen LogP contribution in [0.3, 0.4) is 0 Å². The predicted molar refractivity (Wildman–Crippen MR) is 119 cm³/mol. The summed E-state index contributed by atoms with van der Waals surface area (Å²) in [7, 11) is 0. The van der Waals surface area contributed by atoms with Gasteiger partial charge in [-0.25, -0.2) is 0 Å². The summed E-state index contributed by atoms with van der Waals surface area (Å²) in [6.45, 7) is 4.39. The number of benzene rings is 1. The molecule has 9 heteroatoms. The lowest BCUT2D eigenvalue weighted by molar-refractivity contribution is -0.132. The van der Waals surface area contributed by atoms with Crippen LogP contribution in [0.1, 0.15) is 50.4 Å². The van der Waals surface area contributed by atoms with Crippen molar-refractivity contribution in [2.45, 2.75) is 38.5 Å². The molecule has 1 aromatic carbocycles. The average Bonchev–Trinajstić information content (AvgIpc) is 3.34. The van der Waals surface area contributed by atoms with Gasteiger partial charge in [0.1, 0.15) is 18.1 Å². The van der Waals surface area contributed by atoms with Crippen molar-refractivity contribution in [1.29, 1.82) is 0 Å². The Morgan fingerprint density at radius 1 is 1.03 bits per heavy atom. The van der Waals surface area contributed by atoms with Crippen molar-refractivity contribution in [3.8, 4) is 5.75 Å². The predicted octanol–water partition coefficient (Wildman–Crippen LogP) is 2.45. The average molecular weight is 469 g/mol. The van der Waals surface area contributed by atoms with Crippen molar-refractivity contribution >= 4 is 34.7 Å². The minimum Gasteiger partial charge on any atom is -0.488 e. The summed E-state index contributed by atoms with van der Waals surface area (Å²) in [5, 5.41) is 1.65. The van der Waals surface area contributed by atoms with Crippen molar-refractivity contribution in [3.05, 3.63) is 51.2 Å². The number of carbonyl (C=O) groups is 4. The number of ether oxygens (including phenoxy) is 2. The van der Waals surface area contributed by atoms with E-state index in [1.807, 2.05) is 24.3 Å². The molecule has 0 spiro atoms. The summed E-state index contributed by atoms with van der Waals surface area (Å²) in [6.07, 6.45) is 0.190. The Balaban J connectivity index is 1.24. The number of carbonyl (C=O) groups excluding carboxylic acids is 4. The zero-order valence-electron chi connectivity index (χ0n) is 18.1. The standard InChI is InChI=1S/C24H24N2O6S/c27-16-3-6-19(20(28)11-16)26-23(29)18-14-33-21(22(18)24(26)30)13-32-17-4-1-15(2-5-17)12-25-7-9-31-10-8-25/h1-2,4-5,14,19H,3,6-13H2/t19-/m0/s1. The number of hydrogen-bond donors (Lipinski definition) is 0. The fraction of sp³-hybridized carbons (Fsp3) is 0.417. The minimum atomic E-state index is -0.854. The van der Waals surface area contributed by atoms with Crippen LogP contribution in [0.15, 0.2) is 29.6 Å². The molecule has 172 valence electrons. The molecule has 0 unspecified atom stereocenters. The van der Waals surface area contributed by atoms with Gasteiger partial charge >= 0.3 is 0 Å². The molecular formula is C24H24N2O6S. The molecule has 3 aliphatic rings. The summed E-state index contributed by atoms with van der Waals surface area (Å²) in [5.41, 5.74) is 1.82. The van der Waals surface area contributed by atoms with Crippen LogP contribution in [0.2, 0.25) is 0 Å². The van der Waals surface area contributed by atoms with Gasteiger partial charge in [-0.2, -0.15) is 0 Å². The molecule has 1 aliphatic carbocycles. The fourth-order valence-electron chi connectivity index (χ4n) is 4.51. The van der Waals surface area contributed by atoms with Crippen LogP contribution in [0.25, 0.3) is 0 Å². The highest BCUT2D eigenvalue weighted by atomic mass is 32.1. The number of hydrogen-bond acceptors (Lipinski definition) is 8. The van der Waals surface area contributed by atoms with E-state index in [9.17, 15) is 19.2 Å². The van der Waals surface area contributed by atoms with E-state index in [4.69, 9.17) is 9.47 Å². The van der Waals surface area contributed by atoms with Gasteiger partial charge in [0.15, 0.2) is 5.78 Å². The zero-order chi connectivity index (χ0) is 22.9. The summed E-state index contributed by atoms with van der Waals surface area (Å²) < 4.78 is 11.3. The van der Waals surface area contributed by atoms with E-state index in [2.05, 4.69) is 4.90 Å². The number of Topliss-reactive ketones (excluding diaryl/α,β-unsaturated/α-hetero) is 2. The third-order valence-corrected chi connectivity index (χ3v) is 7.26. The molecule has 1 saturated heterocycles. The van der Waals surface area contributed by atoms with Crippen molar-refractivity contribution in [2.75, 3.05) is 26.3 Å². The number of fused-ring (bicyclic) bond motifs is 1. The van der Waals surface area contributed by atoms with Crippen LogP contribution in [-0.2, 0) is 27.5 Å². The van der Waals surface area contributed by atoms with E-state index in [0.717, 1.165) is 37.7 Å². The monoisotopic (exact) mass is 468 g/mol. The molecule has 1 saturated carbocycles. The highest BCUT2D eigenvalue weighted by molar-refractivity contribution is 7.10. The second-order valence-corrected chi connectivity index (χ2v) is 9.45. The molecule has 2 amide bonds. The van der Waals surface area contributed by atoms with E-state index >= 15 is 0 Å². The molecule has 5 rings (SSSR count). The van der Waals surface area contributed by atoms with Crippen LogP contribution in [0.4, 0.5) is 0 Å². The Labute approximate surface area is 195 Å². The number of rotatable bonds is 6. The van der Waals surface area contributed by atoms with Gasteiger partial charge in [-0.1, -0.05) is 12.1 Å². The molecule has 0 bridgehead atoms. The van der Waals surface area contributed by atoms with Gasteiger partial charge in [-0.15, -0.1) is 11.3 Å². The molecule has 33 heavy (non-hydrogen) atoms. The van der Waals surface area contributed by atoms with Crippen molar-refractivity contribution in [3.63, 3.8) is 0 Å². The first kappa shape index (κ1) is 21.9. The third kappa shape index (κ3) is 4.36. The Kier molecular flexibility index (Phi) is 6.09. The Bertz CT molecular complexity index is 1100. The lowest BCUT2D eigenvalue weighted by Crippen LogP contribution is -2.47. The lowest BCUT2D eigenvalue weighted by Gasteiger charge is -2.27. The molecule has 1 atom stereocenters. The number of imide groups is 1. The smallest absolute Gasteiger partial charge is 0.263 e. The third-order valence-electron chi connectivity index (χ3n) is 6.30. The first-order chi connectivity index (χ1) is 16.0. The topological polar surface area (TPSA) is 93.2 Å². The summed E-state index contributed by atoms with van der Waals surface area (Å²) in [6, 6.07) is 7.00. The molecule has 2 aliphatic heterocycles. The van der Waals surface area contributed by atoms with Crippen molar-refractivity contribution in [1.82, 2.24) is 9.80 Å². The number of ketones is 2. The van der Waals surface area contributed by atoms with Crippen molar-refractivity contribution < 1.29 is 28.7 Å². The Morgan fingerprint density at radius 2 is 1.79 bits per heavy atom. The number of amides is 2. The van der Waals surface area contributed by atoms with Gasteiger partial charge in [0.05, 0.1) is 41.7 Å². The van der Waals surface area contributed by atoms with Crippen LogP contribution in [0.5, 0.6) is 5.75 Å². The molecule has 1 aromatic heterocycles. The number of thiophene rings is 1. The molecule has 0 radical (unpaired) electrons. The Morgan fingerprint density at radius 3 is 2.52 bits per heavy atom. The molecule has 2 aromatic rings. The van der Waals surface area contributed by atoms with Crippen molar-refractivity contribution in [2.24, 2.45) is 0 Å². The largest absolute Gasteiger partial charge is 0.488 e. The maximum atomic E-state index is 13.1. The molecule has 2 fully saturated rings. The van der Waals surface area contributed by atoms with Crippen LogP contribution in [0, 0.1) is 0 Å². The minimum absolute atomic E-state index is 0.144. The van der Waals surface area contributed by atoms with Gasteiger partial charge in [0.25, 0.3) is 11.8 Å². The summed E-state index contributed by atoms with van der Waals surface area (Å²) >= 11 is 1.30. The van der Waals surface area contributed by atoms with Gasteiger partial charge in [-0.05, 0) is 24.1 Å². The van der Waals surface area contributed by atoms with E-state index in [0.29, 0.717) is 21.8 Å². The first-order valence-electron chi connectivity index (χ1n) is 11.1. The van der Waals surface area contributed by atoms with E-state index in [1.54, 1.807) is 5.38 Å². The zero-order valence-corrected chi connectivity index (χ0v) is 18.9. The van der Waals surface area contributed by atoms with Gasteiger partial charge in [-0.3, -0.25) is 29.0 Å². The first-order valence-corrected chi connectivity index (χ1v) is 11.9. The van der Waals surface area contributed by atoms with Gasteiger partial charge in [0.2, 0.25) is 0 Å². The number of morpholine rings is 1. The highest BCUT2D eigenvalue weighted by Crippen LogP contribution is 2.35. The van der Waals surface area contributed by atoms with E-state index in [-0.39, 0.29) is 37.4 Å². The second kappa shape index (κ2) is 9.17. The maximum Gasteiger partial charge on any atom is 0.263 e. The summed E-state index contributed by atoms with van der Waals surface area (Å²) in [5.74, 6) is -0.759. The van der Waals surface area contributed by atoms with Crippen LogP contribution >= 0.6 is 11.3 Å². The van der Waals surface area contributed by atoms with Crippen LogP contribution < -0.4 is 4.74 Å². The van der Waals surface area contributed by atoms with Crippen LogP contribution in [-0.4, -0.2) is 65.5 Å². The lowest BCUT2D eigenvalue weighted by atomic mass is 9.92. The van der Waals surface area contributed by atoms with Gasteiger partial charge in [0, 0.05) is 31.4 Å². The fourth-order valence-corrected chi connectivity index (χ4v) is 5.43. The van der Waals surface area contributed by atoms with E-state index < -0.39 is 17.9 Å². The SMILES string of the molecule is O=C1CC[C@H](N2C(=O)c3csc(COc4ccc(CN5CCOCC5)cc4)c3C2=O)C(=O)C1. The second-order valence-electron chi connectivity index (χ2n) is 8.49. The van der Waals surface area contributed by atoms with Gasteiger partial charge < -0.3 is 9.47 Å². The molecule has 3 heterocycles. The molecule has 0 N–H and O–H groups in total. The normalized spacial score (nSPS) is 21.6. The molecule has 8 nitrogen and oxygen atoms in total. The molecular weight excluding hydrogens is 444 g/mol. The maximum absolute atomic E-state index is 13.1. The Hall–Kier alpha value is -2.88. The quantitative estimate of drug-likeness (QED) is 0.475. The summed E-state index contributed by atoms with van der Waals surface area (Å²) in [4.78, 5) is 53.8. The number of nitrogens with zero attached hydrogens (tertiary/aromatic N) is 2. The van der Waals surface area contributed by atoms with E-state index in [1.165, 1.54) is 16.9 Å².